The lowest BCUT2D eigenvalue weighted by molar-refractivity contribution is -0.885. The first-order valence-electron chi connectivity index (χ1n) is 6.90. The molecule has 0 saturated heterocycles. The molecule has 2 N–H and O–H groups in total. The van der Waals surface area contributed by atoms with Gasteiger partial charge in [0.15, 0.2) is 6.54 Å². The lowest BCUT2D eigenvalue weighted by atomic mass is 10.3. The number of thiophene rings is 1. The number of carbonyl (C=O) groups excluding carboxylic acids is 1. The SMILES string of the molecule is C[NH+](CC(=O)Nc1ccccc1SCC#N)Cc1ccsc1. The van der Waals surface area contributed by atoms with E-state index in [-0.39, 0.29) is 5.91 Å². The molecule has 0 spiro atoms. The maximum atomic E-state index is 12.2. The largest absolute Gasteiger partial charge is 0.326 e. The fourth-order valence-electron chi connectivity index (χ4n) is 2.08. The van der Waals surface area contributed by atoms with Crippen molar-refractivity contribution < 1.29 is 9.69 Å². The minimum Gasteiger partial charge on any atom is -0.326 e. The lowest BCUT2D eigenvalue weighted by Gasteiger charge is -2.14. The van der Waals surface area contributed by atoms with Gasteiger partial charge in [-0.25, -0.2) is 0 Å². The van der Waals surface area contributed by atoms with Crippen LogP contribution in [0.1, 0.15) is 5.56 Å². The van der Waals surface area contributed by atoms with E-state index in [0.717, 1.165) is 22.0 Å². The number of thioether (sulfide) groups is 1. The molecular weight excluding hydrogens is 314 g/mol. The minimum absolute atomic E-state index is 0.0160. The smallest absolute Gasteiger partial charge is 0.279 e. The number of likely N-dealkylation sites (N-methyl/N-ethyl adjacent to an activating group) is 1. The molecule has 0 aliphatic heterocycles. The van der Waals surface area contributed by atoms with Crippen LogP contribution in [-0.2, 0) is 11.3 Å². The molecule has 2 aromatic rings. The predicted octanol–water partition coefficient (Wildman–Crippen LogP) is 2.02. The Morgan fingerprint density at radius 3 is 2.95 bits per heavy atom. The van der Waals surface area contributed by atoms with Gasteiger partial charge in [0.2, 0.25) is 0 Å². The van der Waals surface area contributed by atoms with Crippen molar-refractivity contribution in [3.63, 3.8) is 0 Å². The molecule has 1 heterocycles. The maximum Gasteiger partial charge on any atom is 0.279 e. The van der Waals surface area contributed by atoms with Crippen molar-refractivity contribution in [2.24, 2.45) is 0 Å². The fraction of sp³-hybridized carbons (Fsp3) is 0.250. The van der Waals surface area contributed by atoms with Crippen LogP contribution < -0.4 is 10.2 Å². The van der Waals surface area contributed by atoms with Gasteiger partial charge in [-0.05, 0) is 29.0 Å². The van der Waals surface area contributed by atoms with Crippen LogP contribution in [0.5, 0.6) is 0 Å². The maximum absolute atomic E-state index is 12.2. The van der Waals surface area contributed by atoms with Crippen molar-refractivity contribution in [1.29, 1.82) is 5.26 Å². The quantitative estimate of drug-likeness (QED) is 0.763. The Labute approximate surface area is 138 Å². The summed E-state index contributed by atoms with van der Waals surface area (Å²) >= 11 is 3.10. The van der Waals surface area contributed by atoms with E-state index in [4.69, 9.17) is 5.26 Å². The first-order chi connectivity index (χ1) is 10.7. The Kier molecular flexibility index (Phi) is 6.46. The summed E-state index contributed by atoms with van der Waals surface area (Å²) in [7, 11) is 2.01. The monoisotopic (exact) mass is 332 g/mol. The highest BCUT2D eigenvalue weighted by molar-refractivity contribution is 7.99. The van der Waals surface area contributed by atoms with Gasteiger partial charge in [0.1, 0.15) is 6.54 Å². The van der Waals surface area contributed by atoms with Gasteiger partial charge in [-0.3, -0.25) is 4.79 Å². The third-order valence-corrected chi connectivity index (χ3v) is 4.67. The summed E-state index contributed by atoms with van der Waals surface area (Å²) in [6.45, 7) is 1.24. The molecule has 0 aliphatic rings. The highest BCUT2D eigenvalue weighted by Crippen LogP contribution is 2.26. The molecule has 0 aliphatic carbocycles. The van der Waals surface area contributed by atoms with Gasteiger partial charge in [0, 0.05) is 10.5 Å². The molecule has 0 saturated carbocycles. The van der Waals surface area contributed by atoms with Gasteiger partial charge in [-0.1, -0.05) is 12.1 Å². The molecule has 1 unspecified atom stereocenters. The standard InChI is InChI=1S/C16H17N3OS2/c1-19(10-13-6-8-21-12-13)11-16(20)18-14-4-2-3-5-15(14)22-9-7-17/h2-6,8,12H,9-11H2,1H3,(H,18,20)/p+1. The second kappa shape index (κ2) is 8.59. The summed E-state index contributed by atoms with van der Waals surface area (Å²) in [5.74, 6) is 0.355. The number of quaternary nitrogens is 1. The first-order valence-corrected chi connectivity index (χ1v) is 8.83. The van der Waals surface area contributed by atoms with E-state index in [9.17, 15) is 4.79 Å². The third-order valence-electron chi connectivity index (χ3n) is 3.00. The number of rotatable bonds is 7. The molecule has 2 rings (SSSR count). The van der Waals surface area contributed by atoms with E-state index >= 15 is 0 Å². The van der Waals surface area contributed by atoms with Crippen molar-refractivity contribution in [2.75, 3.05) is 24.7 Å². The van der Waals surface area contributed by atoms with Crippen LogP contribution in [0, 0.1) is 11.3 Å². The highest BCUT2D eigenvalue weighted by Gasteiger charge is 2.12. The average molecular weight is 332 g/mol. The number of nitrogens with one attached hydrogen (secondary N) is 2. The molecule has 22 heavy (non-hydrogen) atoms. The van der Waals surface area contributed by atoms with E-state index in [2.05, 4.69) is 22.8 Å². The van der Waals surface area contributed by atoms with Crippen molar-refractivity contribution in [1.82, 2.24) is 0 Å². The van der Waals surface area contributed by atoms with Crippen LogP contribution in [-0.4, -0.2) is 25.3 Å². The Bertz CT molecular complexity index is 650. The normalized spacial score (nSPS) is 11.6. The third kappa shape index (κ3) is 5.19. The number of nitrogens with zero attached hydrogens (tertiary/aromatic N) is 1. The molecule has 1 amide bonds. The average Bonchev–Trinajstić information content (AvgIpc) is 2.99. The minimum atomic E-state index is -0.0160. The van der Waals surface area contributed by atoms with Crippen LogP contribution >= 0.6 is 23.1 Å². The zero-order valence-electron chi connectivity index (χ0n) is 12.3. The number of hydrogen-bond acceptors (Lipinski definition) is 4. The number of benzene rings is 1. The molecule has 1 aromatic carbocycles. The number of nitriles is 1. The first kappa shape index (κ1) is 16.6. The molecule has 0 bridgehead atoms. The molecule has 6 heteroatoms. The Morgan fingerprint density at radius 2 is 2.23 bits per heavy atom. The van der Waals surface area contributed by atoms with Crippen molar-refractivity contribution >= 4 is 34.7 Å². The molecular formula is C16H18N3OS2+. The zero-order valence-corrected chi connectivity index (χ0v) is 14.0. The summed E-state index contributed by atoms with van der Waals surface area (Å²) in [5, 5.41) is 15.8. The Morgan fingerprint density at radius 1 is 1.41 bits per heavy atom. The number of anilines is 1. The Hall–Kier alpha value is -1.81. The number of hydrogen-bond donors (Lipinski definition) is 2. The second-order valence-electron chi connectivity index (χ2n) is 4.93. The van der Waals surface area contributed by atoms with Crippen molar-refractivity contribution in [3.8, 4) is 6.07 Å². The summed E-state index contributed by atoms with van der Waals surface area (Å²) < 4.78 is 0. The van der Waals surface area contributed by atoms with Crippen molar-refractivity contribution in [3.05, 3.63) is 46.7 Å². The predicted molar refractivity (Wildman–Crippen MR) is 91.2 cm³/mol. The second-order valence-corrected chi connectivity index (χ2v) is 6.73. The number of carbonyl (C=O) groups is 1. The topological polar surface area (TPSA) is 57.3 Å². The van der Waals surface area contributed by atoms with Crippen LogP contribution in [0.4, 0.5) is 5.69 Å². The van der Waals surface area contributed by atoms with Crippen LogP contribution in [0.15, 0.2) is 46.0 Å². The molecule has 114 valence electrons. The van der Waals surface area contributed by atoms with Gasteiger partial charge < -0.3 is 10.2 Å². The summed E-state index contributed by atoms with van der Waals surface area (Å²) in [4.78, 5) is 14.2. The number of amides is 1. The van der Waals surface area contributed by atoms with Gasteiger partial charge >= 0.3 is 0 Å². The zero-order chi connectivity index (χ0) is 15.8. The molecule has 1 aromatic heterocycles. The van der Waals surface area contributed by atoms with Gasteiger partial charge in [0.25, 0.3) is 5.91 Å². The van der Waals surface area contributed by atoms with Gasteiger partial charge in [-0.2, -0.15) is 16.6 Å². The van der Waals surface area contributed by atoms with E-state index < -0.39 is 0 Å². The van der Waals surface area contributed by atoms with Crippen molar-refractivity contribution in [2.45, 2.75) is 11.4 Å². The van der Waals surface area contributed by atoms with Gasteiger partial charge in [-0.15, -0.1) is 11.8 Å². The van der Waals surface area contributed by atoms with E-state index in [1.807, 2.05) is 36.7 Å². The fourth-order valence-corrected chi connectivity index (χ4v) is 3.42. The summed E-state index contributed by atoms with van der Waals surface area (Å²) in [5.41, 5.74) is 2.02. The number of para-hydroxylation sites is 1. The summed E-state index contributed by atoms with van der Waals surface area (Å²) in [6.07, 6.45) is 0. The van der Waals surface area contributed by atoms with Gasteiger partial charge in [0.05, 0.1) is 24.6 Å². The molecule has 4 nitrogen and oxygen atoms in total. The summed E-state index contributed by atoms with van der Waals surface area (Å²) in [6, 6.07) is 11.8. The van der Waals surface area contributed by atoms with Crippen LogP contribution in [0.25, 0.3) is 0 Å². The van der Waals surface area contributed by atoms with E-state index in [0.29, 0.717) is 12.3 Å². The van der Waals surface area contributed by atoms with Crippen LogP contribution in [0.3, 0.4) is 0 Å². The van der Waals surface area contributed by atoms with E-state index in [1.54, 1.807) is 11.3 Å². The van der Waals surface area contributed by atoms with Crippen LogP contribution in [0.2, 0.25) is 0 Å². The lowest BCUT2D eigenvalue weighted by Crippen LogP contribution is -3.08. The molecule has 0 radical (unpaired) electrons. The van der Waals surface area contributed by atoms with E-state index in [1.165, 1.54) is 17.3 Å². The highest BCUT2D eigenvalue weighted by atomic mass is 32.2. The molecule has 1 atom stereocenters. The molecule has 0 fully saturated rings. The Balaban J connectivity index is 1.90.